The minimum absolute atomic E-state index is 0.00734. The summed E-state index contributed by atoms with van der Waals surface area (Å²) in [5.41, 5.74) is 0.0106. The lowest BCUT2D eigenvalue weighted by atomic mass is 9.53. The predicted molar refractivity (Wildman–Crippen MR) is 234 cm³/mol. The van der Waals surface area contributed by atoms with Crippen LogP contribution in [0.1, 0.15) is 35.2 Å². The zero-order valence-electron chi connectivity index (χ0n) is 33.3. The Hall–Kier alpha value is -6.14. The molecule has 2 aliphatic heterocycles. The van der Waals surface area contributed by atoms with Crippen molar-refractivity contribution >= 4 is 62.7 Å². The number of carbonyl (C=O) groups is 2. The molecule has 4 heterocycles. The molecule has 61 heavy (non-hydrogen) atoms. The largest absolute Gasteiger partial charge is 0.504 e. The van der Waals surface area contributed by atoms with Gasteiger partial charge in [-0.15, -0.1) is 0 Å². The molecule has 0 bridgehead atoms. The highest BCUT2D eigenvalue weighted by Gasteiger charge is 2.68. The number of fused-ring (bicyclic) bond motifs is 5. The van der Waals surface area contributed by atoms with Crippen molar-refractivity contribution in [2.75, 3.05) is 26.2 Å². The summed E-state index contributed by atoms with van der Waals surface area (Å²) in [6.45, 7) is -0.190. The lowest BCUT2D eigenvalue weighted by molar-refractivity contribution is -0.124. The molecule has 6 aromatic rings. The molecule has 4 aromatic carbocycles. The van der Waals surface area contributed by atoms with Gasteiger partial charge in [-0.3, -0.25) is 14.4 Å². The minimum atomic E-state index is -1.54. The van der Waals surface area contributed by atoms with E-state index in [1.165, 1.54) is 40.2 Å². The van der Waals surface area contributed by atoms with Gasteiger partial charge in [0.15, 0.2) is 23.0 Å². The van der Waals surface area contributed by atoms with Crippen molar-refractivity contribution < 1.29 is 28.9 Å². The number of aromatic hydroxyl groups is 1. The summed E-state index contributed by atoms with van der Waals surface area (Å²) in [5, 5.41) is 11.3. The molecule has 1 aliphatic carbocycles. The minimum Gasteiger partial charge on any atom is -0.504 e. The number of benzene rings is 4. The molecule has 2 fully saturated rings. The molecule has 2 amide bonds. The normalized spacial score (nSPS) is 20.6. The summed E-state index contributed by atoms with van der Waals surface area (Å²) in [6.07, 6.45) is 1.80. The standard InChI is InChI=1S/C44H38ClIN6O9/c1-48-33-22-35(60-3)34(59-2)21-31(33)47-30(40(48)55)14-15-49-42(57)50-16-13-27-32(52(50)43(49)58)20-28-39(54)51(26-12-8-11-25(45)19-26)41(56)44(28,24-9-6-5-7-10-24)37(27)23-17-29(46)38(53)36(18-23)61-4/h5-13,17-19,21-22,28,32,37,53H,14-16,20H2,1-4H3. The van der Waals surface area contributed by atoms with E-state index in [9.17, 15) is 19.5 Å². The molecule has 4 atom stereocenters. The Balaban J connectivity index is 1.20. The van der Waals surface area contributed by atoms with Crippen LogP contribution in [-0.2, 0) is 41.6 Å². The van der Waals surface area contributed by atoms with Crippen LogP contribution in [0, 0.1) is 9.49 Å². The number of allylic oxidation sites excluding steroid dienone is 2. The van der Waals surface area contributed by atoms with Crippen LogP contribution in [0.2, 0.25) is 5.02 Å². The van der Waals surface area contributed by atoms with Crippen LogP contribution >= 0.6 is 34.2 Å². The summed E-state index contributed by atoms with van der Waals surface area (Å²) < 4.78 is 22.2. The van der Waals surface area contributed by atoms with E-state index in [0.717, 1.165) is 4.57 Å². The summed E-state index contributed by atoms with van der Waals surface area (Å²) >= 11 is 8.43. The summed E-state index contributed by atoms with van der Waals surface area (Å²) in [5.74, 6) is -1.97. The van der Waals surface area contributed by atoms with E-state index in [4.69, 9.17) is 25.8 Å². The second-order valence-electron chi connectivity index (χ2n) is 15.2. The summed E-state index contributed by atoms with van der Waals surface area (Å²) in [4.78, 5) is 78.9. The van der Waals surface area contributed by atoms with Gasteiger partial charge in [0.1, 0.15) is 5.69 Å². The number of nitrogens with zero attached hydrogens (tertiary/aromatic N) is 6. The molecule has 312 valence electrons. The number of methoxy groups -OCH3 is 3. The number of aromatic nitrogens is 5. The molecular weight excluding hydrogens is 919 g/mol. The van der Waals surface area contributed by atoms with E-state index in [2.05, 4.69) is 4.98 Å². The van der Waals surface area contributed by atoms with E-state index in [1.807, 2.05) is 59.0 Å². The number of carbonyl (C=O) groups excluding carboxylic acids is 2. The third-order valence-electron chi connectivity index (χ3n) is 12.3. The van der Waals surface area contributed by atoms with Crippen LogP contribution in [0.5, 0.6) is 23.0 Å². The highest BCUT2D eigenvalue weighted by atomic mass is 127. The Kier molecular flexibility index (Phi) is 9.96. The first-order valence-electron chi connectivity index (χ1n) is 19.3. The number of anilines is 1. The molecule has 0 radical (unpaired) electrons. The van der Waals surface area contributed by atoms with Crippen LogP contribution in [0.15, 0.2) is 105 Å². The van der Waals surface area contributed by atoms with Crippen molar-refractivity contribution in [2.24, 2.45) is 13.0 Å². The maximum Gasteiger partial charge on any atom is 0.347 e. The highest BCUT2D eigenvalue weighted by Crippen LogP contribution is 2.63. The molecule has 15 nitrogen and oxygen atoms in total. The molecule has 0 spiro atoms. The Morgan fingerprint density at radius 3 is 2.31 bits per heavy atom. The Morgan fingerprint density at radius 1 is 0.885 bits per heavy atom. The van der Waals surface area contributed by atoms with Gasteiger partial charge in [0.25, 0.3) is 5.56 Å². The third-order valence-corrected chi connectivity index (χ3v) is 13.4. The van der Waals surface area contributed by atoms with E-state index in [1.54, 1.807) is 55.6 Å². The topological polar surface area (TPSA) is 169 Å². The number of imide groups is 1. The van der Waals surface area contributed by atoms with Crippen molar-refractivity contribution in [1.29, 1.82) is 0 Å². The number of hydrogen-bond donors (Lipinski definition) is 1. The fourth-order valence-corrected chi connectivity index (χ4v) is 10.4. The van der Waals surface area contributed by atoms with Gasteiger partial charge in [0.2, 0.25) is 11.8 Å². The van der Waals surface area contributed by atoms with Crippen LogP contribution in [0.25, 0.3) is 11.0 Å². The fraction of sp³-hybridized carbons (Fsp3) is 0.273. The van der Waals surface area contributed by atoms with Crippen molar-refractivity contribution in [3.63, 3.8) is 0 Å². The quantitative estimate of drug-likeness (QED) is 0.117. The second kappa shape index (κ2) is 15.1. The van der Waals surface area contributed by atoms with Crippen molar-refractivity contribution in [2.45, 2.75) is 43.3 Å². The third kappa shape index (κ3) is 5.96. The number of hydrogen-bond acceptors (Lipinski definition) is 10. The van der Waals surface area contributed by atoms with E-state index >= 15 is 9.59 Å². The van der Waals surface area contributed by atoms with Gasteiger partial charge in [-0.2, -0.15) is 0 Å². The van der Waals surface area contributed by atoms with Crippen molar-refractivity contribution in [3.05, 3.63) is 147 Å². The number of rotatable bonds is 9. The SMILES string of the molecule is COc1cc2nc(CCn3c(=O)n4n(c3=O)C3CC5C(=O)N(c6cccc(Cl)c6)C(=O)C5(c5ccccc5)C(c5cc(I)c(O)c(OC)c5)C3=CC4)c(=O)n(C)c2cc1OC. The number of phenols is 1. The molecule has 3 aliphatic rings. The van der Waals surface area contributed by atoms with Gasteiger partial charge >= 0.3 is 11.4 Å². The summed E-state index contributed by atoms with van der Waals surface area (Å²) in [6, 6.07) is 21.5. The predicted octanol–water partition coefficient (Wildman–Crippen LogP) is 5.09. The van der Waals surface area contributed by atoms with Gasteiger partial charge in [0.05, 0.1) is 65.5 Å². The van der Waals surface area contributed by atoms with Gasteiger partial charge in [-0.1, -0.05) is 54.1 Å². The number of halogens is 2. The number of phenolic OH excluding ortho intramolecular Hbond substituents is 1. The van der Waals surface area contributed by atoms with Crippen molar-refractivity contribution in [1.82, 2.24) is 23.5 Å². The number of amides is 2. The Labute approximate surface area is 366 Å². The molecule has 1 saturated heterocycles. The first-order chi connectivity index (χ1) is 29.3. The molecule has 4 unspecified atom stereocenters. The average molecular weight is 957 g/mol. The maximum absolute atomic E-state index is 15.5. The molecule has 2 aromatic heterocycles. The lowest BCUT2D eigenvalue weighted by Crippen LogP contribution is -2.53. The average Bonchev–Trinajstić information content (AvgIpc) is 3.65. The van der Waals surface area contributed by atoms with Gasteiger partial charge in [0, 0.05) is 43.1 Å². The Morgan fingerprint density at radius 2 is 1.61 bits per heavy atom. The molecule has 1 N–H and O–H groups in total. The van der Waals surface area contributed by atoms with Crippen molar-refractivity contribution in [3.8, 4) is 23.0 Å². The van der Waals surface area contributed by atoms with Crippen LogP contribution in [0.4, 0.5) is 5.69 Å². The van der Waals surface area contributed by atoms with Gasteiger partial charge < -0.3 is 23.9 Å². The number of aryl methyl sites for hydroxylation is 2. The fourth-order valence-electron chi connectivity index (χ4n) is 9.63. The summed E-state index contributed by atoms with van der Waals surface area (Å²) in [7, 11) is 6.03. The van der Waals surface area contributed by atoms with Crippen LogP contribution in [-0.4, -0.2) is 61.7 Å². The van der Waals surface area contributed by atoms with Gasteiger partial charge in [-0.25, -0.2) is 33.4 Å². The zero-order chi connectivity index (χ0) is 43.1. The zero-order valence-corrected chi connectivity index (χ0v) is 36.2. The van der Waals surface area contributed by atoms with Crippen LogP contribution < -0.4 is 36.0 Å². The molecule has 9 rings (SSSR count). The molecular formula is C44H38ClIN6O9. The number of ether oxygens (including phenoxy) is 3. The molecule has 17 heteroatoms. The van der Waals surface area contributed by atoms with Crippen LogP contribution in [0.3, 0.4) is 0 Å². The second-order valence-corrected chi connectivity index (χ2v) is 16.8. The maximum atomic E-state index is 15.5. The molecule has 1 saturated carbocycles. The lowest BCUT2D eigenvalue weighted by Gasteiger charge is -2.49. The van der Waals surface area contributed by atoms with Gasteiger partial charge in [-0.05, 0) is 76.0 Å². The Bertz CT molecular complexity index is 3050. The van der Waals surface area contributed by atoms with E-state index in [-0.39, 0.29) is 43.1 Å². The monoisotopic (exact) mass is 956 g/mol. The first kappa shape index (κ1) is 40.3. The smallest absolute Gasteiger partial charge is 0.347 e. The van der Waals surface area contributed by atoms with E-state index < -0.39 is 52.0 Å². The highest BCUT2D eigenvalue weighted by molar-refractivity contribution is 14.1. The van der Waals surface area contributed by atoms with E-state index in [0.29, 0.717) is 53.5 Å². The first-order valence-corrected chi connectivity index (χ1v) is 20.8.